The third-order valence-electron chi connectivity index (χ3n) is 4.24. The summed E-state index contributed by atoms with van der Waals surface area (Å²) in [5, 5.41) is 14.1. The molecule has 0 amide bonds. The van der Waals surface area contributed by atoms with Crippen molar-refractivity contribution in [1.82, 2.24) is 5.32 Å². The molecule has 1 heterocycles. The second kappa shape index (κ2) is 10.9. The van der Waals surface area contributed by atoms with Crippen molar-refractivity contribution < 1.29 is 9.47 Å². The second-order valence-electron chi connectivity index (χ2n) is 6.63. The van der Waals surface area contributed by atoms with E-state index in [1.807, 2.05) is 29.8 Å². The van der Waals surface area contributed by atoms with Crippen molar-refractivity contribution in [3.05, 3.63) is 58.7 Å². The molecule has 1 aromatic carbocycles. The molecule has 0 fully saturated rings. The molecule has 1 aliphatic heterocycles. The van der Waals surface area contributed by atoms with Crippen LogP contribution in [-0.2, 0) is 6.42 Å². The average molecular weight is 387 g/mol. The summed E-state index contributed by atoms with van der Waals surface area (Å²) in [4.78, 5) is 0. The zero-order valence-electron chi connectivity index (χ0n) is 16.7. The monoisotopic (exact) mass is 386 g/mol. The van der Waals surface area contributed by atoms with E-state index in [1.165, 1.54) is 11.8 Å². The number of ether oxygens (including phenoxy) is 2. The molecule has 0 aliphatic carbocycles. The van der Waals surface area contributed by atoms with Crippen LogP contribution in [0.5, 0.6) is 11.5 Å². The summed E-state index contributed by atoms with van der Waals surface area (Å²) in [6, 6.07) is 5.91. The van der Waals surface area contributed by atoms with Crippen molar-refractivity contribution in [2.45, 2.75) is 46.1 Å². The summed E-state index contributed by atoms with van der Waals surface area (Å²) in [5.74, 6) is 1.49. The molecule has 2 N–H and O–H groups in total. The Morgan fingerprint density at radius 3 is 2.85 bits per heavy atom. The highest BCUT2D eigenvalue weighted by molar-refractivity contribution is 8.16. The Morgan fingerprint density at radius 2 is 2.19 bits per heavy atom. The van der Waals surface area contributed by atoms with E-state index in [0.29, 0.717) is 11.5 Å². The lowest BCUT2D eigenvalue weighted by molar-refractivity contribution is 0.200. The van der Waals surface area contributed by atoms with E-state index < -0.39 is 0 Å². The molecule has 4 nitrogen and oxygen atoms in total. The van der Waals surface area contributed by atoms with Gasteiger partial charge < -0.3 is 14.8 Å². The van der Waals surface area contributed by atoms with Crippen LogP contribution < -0.4 is 14.8 Å². The van der Waals surface area contributed by atoms with Crippen LogP contribution in [0.3, 0.4) is 0 Å². The first kappa shape index (κ1) is 21.2. The van der Waals surface area contributed by atoms with Gasteiger partial charge in [0.2, 0.25) is 0 Å². The number of rotatable bonds is 9. The van der Waals surface area contributed by atoms with Crippen LogP contribution in [0, 0.1) is 5.41 Å². The fourth-order valence-corrected chi connectivity index (χ4v) is 3.48. The van der Waals surface area contributed by atoms with Gasteiger partial charge in [-0.25, -0.2) is 0 Å². The molecule has 0 radical (unpaired) electrons. The molecule has 1 atom stereocenters. The number of allylic oxidation sites excluding steroid dienone is 3. The lowest BCUT2D eigenvalue weighted by atomic mass is 10.1. The van der Waals surface area contributed by atoms with Crippen molar-refractivity contribution >= 4 is 16.8 Å². The van der Waals surface area contributed by atoms with Gasteiger partial charge in [-0.1, -0.05) is 43.3 Å². The van der Waals surface area contributed by atoms with Crippen molar-refractivity contribution in [3.8, 4) is 11.5 Å². The van der Waals surface area contributed by atoms with Crippen molar-refractivity contribution in [2.24, 2.45) is 0 Å². The Bertz CT molecular complexity index is 738. The zero-order chi connectivity index (χ0) is 19.6. The van der Waals surface area contributed by atoms with Gasteiger partial charge in [-0.05, 0) is 54.5 Å². The number of benzene rings is 1. The molecule has 5 heteroatoms. The first-order valence-electron chi connectivity index (χ1n) is 9.38. The number of methoxy groups -OCH3 is 1. The highest BCUT2D eigenvalue weighted by atomic mass is 32.2. The van der Waals surface area contributed by atoms with Crippen LogP contribution in [0.15, 0.2) is 53.1 Å². The maximum atomic E-state index is 8.30. The average Bonchev–Trinajstić information content (AvgIpc) is 2.67. The summed E-state index contributed by atoms with van der Waals surface area (Å²) >= 11 is 1.46. The van der Waals surface area contributed by atoms with Crippen LogP contribution in [-0.4, -0.2) is 24.8 Å². The van der Waals surface area contributed by atoms with E-state index in [-0.39, 0.29) is 6.10 Å². The molecular formula is C22H30N2O2S. The van der Waals surface area contributed by atoms with Gasteiger partial charge in [0, 0.05) is 19.2 Å². The van der Waals surface area contributed by atoms with E-state index in [4.69, 9.17) is 14.9 Å². The van der Waals surface area contributed by atoms with Crippen LogP contribution in [0.4, 0.5) is 0 Å². The Morgan fingerprint density at radius 1 is 1.37 bits per heavy atom. The Labute approximate surface area is 167 Å². The van der Waals surface area contributed by atoms with Gasteiger partial charge >= 0.3 is 0 Å². The van der Waals surface area contributed by atoms with E-state index >= 15 is 0 Å². The first-order valence-corrected chi connectivity index (χ1v) is 10.3. The van der Waals surface area contributed by atoms with Crippen LogP contribution in [0.25, 0.3) is 0 Å². The first-order chi connectivity index (χ1) is 13.0. The van der Waals surface area contributed by atoms with E-state index in [9.17, 15) is 0 Å². The molecule has 1 unspecified atom stereocenters. The maximum Gasteiger partial charge on any atom is 0.161 e. The standard InChI is InChI=1S/C22H30N2O2S/c1-5-7-17(3)26-21-12-18(9-10-20(21)25-4)13-22(23)27-15-16(2)19-8-6-11-24-14-19/h6,8-10,12,14-15,17,23-24H,5,7,11,13H2,1-4H3/b16-15+,23-22?. The lowest BCUT2D eigenvalue weighted by Crippen LogP contribution is -2.12. The summed E-state index contributed by atoms with van der Waals surface area (Å²) in [5.41, 5.74) is 3.36. The van der Waals surface area contributed by atoms with Gasteiger partial charge in [0.25, 0.3) is 0 Å². The van der Waals surface area contributed by atoms with Crippen molar-refractivity contribution in [2.75, 3.05) is 13.7 Å². The molecule has 1 aromatic rings. The van der Waals surface area contributed by atoms with Gasteiger partial charge in [0.05, 0.1) is 18.3 Å². The normalized spacial score (nSPS) is 15.0. The molecule has 0 bridgehead atoms. The largest absolute Gasteiger partial charge is 0.493 e. The minimum atomic E-state index is 0.143. The van der Waals surface area contributed by atoms with Gasteiger partial charge in [-0.2, -0.15) is 0 Å². The molecule has 2 rings (SSSR count). The van der Waals surface area contributed by atoms with Gasteiger partial charge in [0.1, 0.15) is 0 Å². The smallest absolute Gasteiger partial charge is 0.161 e. The SMILES string of the molecule is CCCC(C)Oc1cc(CC(=N)S/C=C(\C)C2=CNCC=C2)ccc1OC. The Balaban J connectivity index is 2.00. The minimum absolute atomic E-state index is 0.143. The Kier molecular flexibility index (Phi) is 8.52. The minimum Gasteiger partial charge on any atom is -0.493 e. The molecule has 1 aliphatic rings. The number of thioether (sulfide) groups is 1. The number of hydrogen-bond acceptors (Lipinski definition) is 5. The van der Waals surface area contributed by atoms with Crippen molar-refractivity contribution in [3.63, 3.8) is 0 Å². The molecule has 0 saturated heterocycles. The second-order valence-corrected chi connectivity index (χ2v) is 7.60. The van der Waals surface area contributed by atoms with Gasteiger partial charge in [-0.15, -0.1) is 0 Å². The molecule has 0 aromatic heterocycles. The van der Waals surface area contributed by atoms with E-state index in [0.717, 1.165) is 47.6 Å². The summed E-state index contributed by atoms with van der Waals surface area (Å²) in [6.45, 7) is 7.16. The summed E-state index contributed by atoms with van der Waals surface area (Å²) in [6.07, 6.45) is 9.02. The fourth-order valence-electron chi connectivity index (χ4n) is 2.78. The summed E-state index contributed by atoms with van der Waals surface area (Å²) in [7, 11) is 1.65. The number of nitrogens with one attached hydrogen (secondary N) is 2. The Hall–Kier alpha value is -2.14. The van der Waals surface area contributed by atoms with Crippen LogP contribution in [0.2, 0.25) is 0 Å². The van der Waals surface area contributed by atoms with E-state index in [1.54, 1.807) is 7.11 Å². The number of hydrogen-bond donors (Lipinski definition) is 2. The highest BCUT2D eigenvalue weighted by Crippen LogP contribution is 2.30. The third kappa shape index (κ3) is 6.83. The van der Waals surface area contributed by atoms with Gasteiger partial charge in [-0.3, -0.25) is 5.41 Å². The molecular weight excluding hydrogens is 356 g/mol. The molecule has 27 heavy (non-hydrogen) atoms. The van der Waals surface area contributed by atoms with Crippen molar-refractivity contribution in [1.29, 1.82) is 5.41 Å². The molecule has 0 saturated carbocycles. The maximum absolute atomic E-state index is 8.30. The van der Waals surface area contributed by atoms with Gasteiger partial charge in [0.15, 0.2) is 11.5 Å². The summed E-state index contributed by atoms with van der Waals surface area (Å²) < 4.78 is 11.5. The zero-order valence-corrected chi connectivity index (χ0v) is 17.5. The topological polar surface area (TPSA) is 54.3 Å². The third-order valence-corrected chi connectivity index (χ3v) is 5.14. The highest BCUT2D eigenvalue weighted by Gasteiger charge is 2.11. The van der Waals surface area contributed by atoms with Crippen LogP contribution in [0.1, 0.15) is 39.2 Å². The molecule has 0 spiro atoms. The quantitative estimate of drug-likeness (QED) is 0.437. The van der Waals surface area contributed by atoms with Crippen LogP contribution >= 0.6 is 11.8 Å². The predicted molar refractivity (Wildman–Crippen MR) is 116 cm³/mol. The molecule has 146 valence electrons. The number of dihydropyridines is 1. The van der Waals surface area contributed by atoms with E-state index in [2.05, 4.69) is 38.2 Å². The fraction of sp³-hybridized carbons (Fsp3) is 0.409. The lowest BCUT2D eigenvalue weighted by Gasteiger charge is -2.17. The predicted octanol–water partition coefficient (Wildman–Crippen LogP) is 5.46.